The standard InChI is InChI=1S/C26H30NO2/c28-25(20-27(17-7-8-18-27)19-22-9-3-1-4-10-22)21-29-26-15-13-24(14-16-26)23-11-5-2-6-12-23/h1-6,9-16,25,28H,7-8,17-21H2/q+1/t25-/m1/s1. The molecule has 3 aromatic rings. The molecule has 1 aliphatic rings. The van der Waals surface area contributed by atoms with Crippen molar-refractivity contribution in [1.29, 1.82) is 0 Å². The highest BCUT2D eigenvalue weighted by Crippen LogP contribution is 2.25. The van der Waals surface area contributed by atoms with Gasteiger partial charge in [-0.15, -0.1) is 0 Å². The van der Waals surface area contributed by atoms with Crippen LogP contribution in [-0.4, -0.2) is 41.9 Å². The fourth-order valence-electron chi connectivity index (χ4n) is 4.45. The molecule has 3 nitrogen and oxygen atoms in total. The highest BCUT2D eigenvalue weighted by molar-refractivity contribution is 5.63. The topological polar surface area (TPSA) is 29.5 Å². The smallest absolute Gasteiger partial charge is 0.137 e. The van der Waals surface area contributed by atoms with Gasteiger partial charge in [0, 0.05) is 18.4 Å². The van der Waals surface area contributed by atoms with E-state index >= 15 is 0 Å². The molecule has 0 spiro atoms. The molecule has 0 amide bonds. The van der Waals surface area contributed by atoms with Gasteiger partial charge in [0.2, 0.25) is 0 Å². The van der Waals surface area contributed by atoms with Gasteiger partial charge in [-0.05, 0) is 23.3 Å². The molecule has 0 unspecified atom stereocenters. The van der Waals surface area contributed by atoms with E-state index in [1.807, 2.05) is 30.3 Å². The van der Waals surface area contributed by atoms with Crippen LogP contribution in [0, 0.1) is 0 Å². The molecule has 0 aliphatic carbocycles. The Morgan fingerprint density at radius 3 is 2.00 bits per heavy atom. The van der Waals surface area contributed by atoms with E-state index < -0.39 is 6.10 Å². The van der Waals surface area contributed by atoms with Crippen molar-refractivity contribution in [2.75, 3.05) is 26.2 Å². The number of nitrogens with zero attached hydrogens (tertiary/aromatic N) is 1. The van der Waals surface area contributed by atoms with Crippen molar-refractivity contribution < 1.29 is 14.3 Å². The van der Waals surface area contributed by atoms with Gasteiger partial charge in [-0.25, -0.2) is 0 Å². The number of aliphatic hydroxyl groups excluding tert-OH is 1. The molecule has 150 valence electrons. The fourth-order valence-corrected chi connectivity index (χ4v) is 4.45. The van der Waals surface area contributed by atoms with Crippen LogP contribution in [0.4, 0.5) is 0 Å². The largest absolute Gasteiger partial charge is 0.491 e. The first-order valence-corrected chi connectivity index (χ1v) is 10.6. The van der Waals surface area contributed by atoms with Gasteiger partial charge in [0.1, 0.15) is 31.5 Å². The van der Waals surface area contributed by atoms with Crippen LogP contribution in [0.5, 0.6) is 5.75 Å². The summed E-state index contributed by atoms with van der Waals surface area (Å²) in [6.07, 6.45) is 2.01. The Hall–Kier alpha value is -2.62. The molecule has 1 aliphatic heterocycles. The summed E-state index contributed by atoms with van der Waals surface area (Å²) < 4.78 is 6.86. The SMILES string of the molecule is O[C@@H](COc1ccc(-c2ccccc2)cc1)C[N+]1(Cc2ccccc2)CCCC1. The number of rotatable bonds is 8. The van der Waals surface area contributed by atoms with E-state index in [2.05, 4.69) is 54.6 Å². The first-order chi connectivity index (χ1) is 14.2. The van der Waals surface area contributed by atoms with E-state index in [0.29, 0.717) is 6.61 Å². The molecular formula is C26H30NO2+. The molecule has 0 radical (unpaired) electrons. The molecule has 1 saturated heterocycles. The van der Waals surface area contributed by atoms with E-state index in [1.54, 1.807) is 0 Å². The molecule has 1 atom stereocenters. The Labute approximate surface area is 173 Å². The number of hydrogen-bond donors (Lipinski definition) is 1. The first-order valence-electron chi connectivity index (χ1n) is 10.6. The zero-order valence-electron chi connectivity index (χ0n) is 16.9. The molecule has 1 N–H and O–H groups in total. The van der Waals surface area contributed by atoms with Crippen LogP contribution in [-0.2, 0) is 6.54 Å². The molecule has 1 heterocycles. The third-order valence-corrected chi connectivity index (χ3v) is 5.88. The monoisotopic (exact) mass is 388 g/mol. The minimum absolute atomic E-state index is 0.333. The summed E-state index contributed by atoms with van der Waals surface area (Å²) in [4.78, 5) is 0. The second-order valence-corrected chi connectivity index (χ2v) is 8.18. The summed E-state index contributed by atoms with van der Waals surface area (Å²) in [6, 6.07) is 29.1. The van der Waals surface area contributed by atoms with Crippen molar-refractivity contribution in [2.45, 2.75) is 25.5 Å². The minimum Gasteiger partial charge on any atom is -0.491 e. The predicted octanol–water partition coefficient (Wildman–Crippen LogP) is 4.90. The van der Waals surface area contributed by atoms with E-state index in [1.165, 1.54) is 29.5 Å². The van der Waals surface area contributed by atoms with E-state index in [0.717, 1.165) is 36.4 Å². The Morgan fingerprint density at radius 1 is 0.759 bits per heavy atom. The number of benzene rings is 3. The average molecular weight is 389 g/mol. The van der Waals surface area contributed by atoms with Crippen molar-refractivity contribution in [3.05, 3.63) is 90.5 Å². The Kier molecular flexibility index (Phi) is 6.28. The zero-order valence-corrected chi connectivity index (χ0v) is 16.9. The van der Waals surface area contributed by atoms with Gasteiger partial charge >= 0.3 is 0 Å². The normalized spacial score (nSPS) is 16.4. The van der Waals surface area contributed by atoms with Crippen LogP contribution >= 0.6 is 0 Å². The maximum atomic E-state index is 10.7. The van der Waals surface area contributed by atoms with Gasteiger partial charge in [0.25, 0.3) is 0 Å². The van der Waals surface area contributed by atoms with E-state index in [4.69, 9.17) is 4.74 Å². The van der Waals surface area contributed by atoms with Crippen molar-refractivity contribution >= 4 is 0 Å². The van der Waals surface area contributed by atoms with Gasteiger partial charge < -0.3 is 14.3 Å². The number of hydrogen-bond acceptors (Lipinski definition) is 2. The lowest BCUT2D eigenvalue weighted by atomic mass is 10.1. The lowest BCUT2D eigenvalue weighted by Gasteiger charge is -2.36. The van der Waals surface area contributed by atoms with Gasteiger partial charge in [-0.3, -0.25) is 0 Å². The lowest BCUT2D eigenvalue weighted by Crippen LogP contribution is -2.50. The van der Waals surface area contributed by atoms with Crippen LogP contribution in [0.25, 0.3) is 11.1 Å². The summed E-state index contributed by atoms with van der Waals surface area (Å²) >= 11 is 0. The molecule has 0 saturated carbocycles. The van der Waals surface area contributed by atoms with E-state index in [-0.39, 0.29) is 0 Å². The summed E-state index contributed by atoms with van der Waals surface area (Å²) in [5.74, 6) is 0.805. The molecule has 3 aromatic carbocycles. The Morgan fingerprint density at radius 2 is 1.34 bits per heavy atom. The molecule has 4 rings (SSSR count). The number of aliphatic hydroxyl groups is 1. The van der Waals surface area contributed by atoms with Crippen LogP contribution in [0.2, 0.25) is 0 Å². The quantitative estimate of drug-likeness (QED) is 0.556. The van der Waals surface area contributed by atoms with Gasteiger partial charge in [-0.2, -0.15) is 0 Å². The minimum atomic E-state index is -0.467. The number of quaternary nitrogens is 1. The molecule has 29 heavy (non-hydrogen) atoms. The van der Waals surface area contributed by atoms with E-state index in [9.17, 15) is 5.11 Å². The second-order valence-electron chi connectivity index (χ2n) is 8.18. The van der Waals surface area contributed by atoms with Crippen LogP contribution in [0.1, 0.15) is 18.4 Å². The Bertz CT molecular complexity index is 872. The number of ether oxygens (including phenoxy) is 1. The summed E-state index contributed by atoms with van der Waals surface area (Å²) in [7, 11) is 0. The first kappa shape index (κ1) is 19.7. The van der Waals surface area contributed by atoms with Gasteiger partial charge in [0.05, 0.1) is 13.1 Å². The highest BCUT2D eigenvalue weighted by Gasteiger charge is 2.34. The average Bonchev–Trinajstić information content (AvgIpc) is 3.22. The maximum Gasteiger partial charge on any atom is 0.137 e. The van der Waals surface area contributed by atoms with Crippen molar-refractivity contribution in [1.82, 2.24) is 0 Å². The van der Waals surface area contributed by atoms with Crippen LogP contribution < -0.4 is 4.74 Å². The molecular weight excluding hydrogens is 358 g/mol. The fraction of sp³-hybridized carbons (Fsp3) is 0.308. The zero-order chi connectivity index (χ0) is 19.9. The summed E-state index contributed by atoms with van der Waals surface area (Å²) in [5.41, 5.74) is 3.71. The maximum absolute atomic E-state index is 10.7. The third-order valence-electron chi connectivity index (χ3n) is 5.88. The van der Waals surface area contributed by atoms with Gasteiger partial charge in [-0.1, -0.05) is 72.8 Å². The molecule has 3 heteroatoms. The third kappa shape index (κ3) is 5.26. The van der Waals surface area contributed by atoms with Crippen molar-refractivity contribution in [2.24, 2.45) is 0 Å². The van der Waals surface area contributed by atoms with Crippen LogP contribution in [0.3, 0.4) is 0 Å². The summed E-state index contributed by atoms with van der Waals surface area (Å²) in [5, 5.41) is 10.7. The molecule has 0 bridgehead atoms. The second kappa shape index (κ2) is 9.25. The number of likely N-dealkylation sites (tertiary alicyclic amines) is 1. The van der Waals surface area contributed by atoms with Gasteiger partial charge in [0.15, 0.2) is 0 Å². The predicted molar refractivity (Wildman–Crippen MR) is 118 cm³/mol. The van der Waals surface area contributed by atoms with Crippen molar-refractivity contribution in [3.8, 4) is 16.9 Å². The molecule has 0 aromatic heterocycles. The Balaban J connectivity index is 1.33. The van der Waals surface area contributed by atoms with Crippen LogP contribution in [0.15, 0.2) is 84.9 Å². The molecule has 1 fully saturated rings. The summed E-state index contributed by atoms with van der Waals surface area (Å²) in [6.45, 7) is 4.34. The highest BCUT2D eigenvalue weighted by atomic mass is 16.5. The van der Waals surface area contributed by atoms with Crippen molar-refractivity contribution in [3.63, 3.8) is 0 Å². The lowest BCUT2D eigenvalue weighted by molar-refractivity contribution is -0.932.